The van der Waals surface area contributed by atoms with Crippen LogP contribution in [0.4, 0.5) is 5.69 Å². The van der Waals surface area contributed by atoms with Crippen LogP contribution in [-0.4, -0.2) is 34.2 Å². The van der Waals surface area contributed by atoms with E-state index in [1.165, 1.54) is 24.3 Å². The summed E-state index contributed by atoms with van der Waals surface area (Å²) in [4.78, 5) is 47.5. The van der Waals surface area contributed by atoms with Crippen molar-refractivity contribution in [3.05, 3.63) is 68.7 Å². The highest BCUT2D eigenvalue weighted by Crippen LogP contribution is 2.30. The molecule has 0 bridgehead atoms. The molecular formula is C16H9ClN2O6. The fourth-order valence-electron chi connectivity index (χ4n) is 2.43. The lowest BCUT2D eigenvalue weighted by Gasteiger charge is -2.12. The maximum absolute atomic E-state index is 12.3. The van der Waals surface area contributed by atoms with Crippen molar-refractivity contribution in [2.45, 2.75) is 0 Å². The molecule has 0 saturated carbocycles. The number of imide groups is 1. The number of carbonyl (C=O) groups excluding carboxylic acids is 3. The highest BCUT2D eigenvalue weighted by molar-refractivity contribution is 6.30. The first-order valence-corrected chi connectivity index (χ1v) is 7.36. The van der Waals surface area contributed by atoms with Crippen LogP contribution < -0.4 is 4.74 Å². The second kappa shape index (κ2) is 6.33. The van der Waals surface area contributed by atoms with Crippen LogP contribution in [-0.2, 0) is 4.79 Å². The standard InChI is InChI=1S/C16H9ClN2O6/c17-9-3-1-4-10(7-9)25-13(20)8-18-15(21)11-5-2-6-12(19(23)24)14(11)16(18)22/h1-7H,8H2. The van der Waals surface area contributed by atoms with E-state index in [2.05, 4.69) is 0 Å². The second-order valence-corrected chi connectivity index (χ2v) is 5.52. The zero-order valence-corrected chi connectivity index (χ0v) is 13.2. The Balaban J connectivity index is 1.81. The Morgan fingerprint density at radius 3 is 2.56 bits per heavy atom. The first-order valence-electron chi connectivity index (χ1n) is 6.98. The maximum atomic E-state index is 12.3. The first kappa shape index (κ1) is 16.6. The predicted molar refractivity (Wildman–Crippen MR) is 85.6 cm³/mol. The molecule has 2 aromatic carbocycles. The molecule has 9 heteroatoms. The van der Waals surface area contributed by atoms with Gasteiger partial charge in [-0.15, -0.1) is 0 Å². The van der Waals surface area contributed by atoms with E-state index in [-0.39, 0.29) is 16.9 Å². The second-order valence-electron chi connectivity index (χ2n) is 5.08. The quantitative estimate of drug-likeness (QED) is 0.272. The van der Waals surface area contributed by atoms with Crippen molar-refractivity contribution in [2.24, 2.45) is 0 Å². The highest BCUT2D eigenvalue weighted by Gasteiger charge is 2.41. The van der Waals surface area contributed by atoms with Gasteiger partial charge >= 0.3 is 5.97 Å². The predicted octanol–water partition coefficient (Wildman–Crippen LogP) is 2.45. The smallest absolute Gasteiger partial charge is 0.331 e. The molecule has 2 amide bonds. The minimum absolute atomic E-state index is 0.116. The largest absolute Gasteiger partial charge is 0.425 e. The number of hydrogen-bond acceptors (Lipinski definition) is 6. The summed E-state index contributed by atoms with van der Waals surface area (Å²) >= 11 is 5.78. The van der Waals surface area contributed by atoms with Crippen LogP contribution in [0.25, 0.3) is 0 Å². The zero-order valence-electron chi connectivity index (χ0n) is 12.5. The summed E-state index contributed by atoms with van der Waals surface area (Å²) in [5.74, 6) is -2.42. The summed E-state index contributed by atoms with van der Waals surface area (Å²) < 4.78 is 5.03. The number of nitro groups is 1. The topological polar surface area (TPSA) is 107 Å². The van der Waals surface area contributed by atoms with Crippen molar-refractivity contribution in [3.8, 4) is 5.75 Å². The van der Waals surface area contributed by atoms with Crippen molar-refractivity contribution in [3.63, 3.8) is 0 Å². The maximum Gasteiger partial charge on any atom is 0.331 e. The van der Waals surface area contributed by atoms with Gasteiger partial charge in [-0.3, -0.25) is 24.6 Å². The van der Waals surface area contributed by atoms with Crippen LogP contribution in [0.2, 0.25) is 5.02 Å². The highest BCUT2D eigenvalue weighted by atomic mass is 35.5. The van der Waals surface area contributed by atoms with Gasteiger partial charge in [0.05, 0.1) is 10.5 Å². The molecule has 3 rings (SSSR count). The van der Waals surface area contributed by atoms with Gasteiger partial charge in [-0.25, -0.2) is 4.79 Å². The van der Waals surface area contributed by atoms with Gasteiger partial charge in [0.25, 0.3) is 17.5 Å². The molecule has 0 saturated heterocycles. The van der Waals surface area contributed by atoms with E-state index in [9.17, 15) is 24.5 Å². The van der Waals surface area contributed by atoms with Crippen LogP contribution in [0.1, 0.15) is 20.7 Å². The Labute approximate surface area is 145 Å². The first-order chi connectivity index (χ1) is 11.9. The van der Waals surface area contributed by atoms with Gasteiger partial charge in [0.2, 0.25) is 0 Å². The number of fused-ring (bicyclic) bond motifs is 1. The van der Waals surface area contributed by atoms with Gasteiger partial charge in [-0.1, -0.05) is 23.7 Å². The third-order valence-electron chi connectivity index (χ3n) is 3.49. The van der Waals surface area contributed by atoms with E-state index in [1.807, 2.05) is 0 Å². The van der Waals surface area contributed by atoms with Gasteiger partial charge in [0, 0.05) is 11.1 Å². The number of halogens is 1. The fourth-order valence-corrected chi connectivity index (χ4v) is 2.62. The van der Waals surface area contributed by atoms with Gasteiger partial charge in [-0.2, -0.15) is 0 Å². The van der Waals surface area contributed by atoms with Gasteiger partial charge < -0.3 is 4.74 Å². The molecule has 0 unspecified atom stereocenters. The van der Waals surface area contributed by atoms with Crippen LogP contribution in [0.3, 0.4) is 0 Å². The minimum atomic E-state index is -0.907. The molecular weight excluding hydrogens is 352 g/mol. The summed E-state index contributed by atoms with van der Waals surface area (Å²) in [6, 6.07) is 9.75. The average Bonchev–Trinajstić information content (AvgIpc) is 2.80. The lowest BCUT2D eigenvalue weighted by molar-refractivity contribution is -0.385. The van der Waals surface area contributed by atoms with Gasteiger partial charge in [0.15, 0.2) is 0 Å². The normalized spacial score (nSPS) is 12.9. The van der Waals surface area contributed by atoms with Crippen molar-refractivity contribution >= 4 is 35.1 Å². The molecule has 1 heterocycles. The number of nitrogens with zero attached hydrogens (tertiary/aromatic N) is 2. The SMILES string of the molecule is O=C(CN1C(=O)c2cccc([N+](=O)[O-])c2C1=O)Oc1cccc(Cl)c1. The number of ether oxygens (including phenoxy) is 1. The molecule has 0 aliphatic carbocycles. The summed E-state index contributed by atoms with van der Waals surface area (Å²) in [6.45, 7) is -0.671. The number of hydrogen-bond donors (Lipinski definition) is 0. The van der Waals surface area contributed by atoms with Crippen molar-refractivity contribution < 1.29 is 24.0 Å². The molecule has 2 aromatic rings. The van der Waals surface area contributed by atoms with Gasteiger partial charge in [0.1, 0.15) is 17.9 Å². The van der Waals surface area contributed by atoms with E-state index in [4.69, 9.17) is 16.3 Å². The molecule has 0 N–H and O–H groups in total. The molecule has 0 aromatic heterocycles. The molecule has 1 aliphatic rings. The number of benzene rings is 2. The summed E-state index contributed by atoms with van der Waals surface area (Å²) in [6.07, 6.45) is 0. The Bertz CT molecular complexity index is 927. The minimum Gasteiger partial charge on any atom is -0.425 e. The summed E-state index contributed by atoms with van der Waals surface area (Å²) in [7, 11) is 0. The van der Waals surface area contributed by atoms with Crippen LogP contribution in [0.15, 0.2) is 42.5 Å². The van der Waals surface area contributed by atoms with E-state index in [0.29, 0.717) is 9.92 Å². The Kier molecular flexibility index (Phi) is 4.20. The Morgan fingerprint density at radius 1 is 1.16 bits per heavy atom. The van der Waals surface area contributed by atoms with Crippen molar-refractivity contribution in [1.29, 1.82) is 0 Å². The summed E-state index contributed by atoms with van der Waals surface area (Å²) in [5.41, 5.74) is -0.927. The lowest BCUT2D eigenvalue weighted by atomic mass is 10.1. The van der Waals surface area contributed by atoms with E-state index >= 15 is 0 Å². The van der Waals surface area contributed by atoms with Crippen LogP contribution >= 0.6 is 11.6 Å². The number of amides is 2. The van der Waals surface area contributed by atoms with E-state index < -0.39 is 34.9 Å². The third kappa shape index (κ3) is 3.07. The third-order valence-corrected chi connectivity index (χ3v) is 3.72. The Morgan fingerprint density at radius 2 is 1.88 bits per heavy atom. The fraction of sp³-hybridized carbons (Fsp3) is 0.0625. The Hall–Kier alpha value is -3.26. The summed E-state index contributed by atoms with van der Waals surface area (Å²) in [5, 5.41) is 11.4. The molecule has 8 nitrogen and oxygen atoms in total. The monoisotopic (exact) mass is 360 g/mol. The van der Waals surface area contributed by atoms with Crippen molar-refractivity contribution in [1.82, 2.24) is 4.90 Å². The zero-order chi connectivity index (χ0) is 18.1. The van der Waals surface area contributed by atoms with Crippen LogP contribution in [0.5, 0.6) is 5.75 Å². The number of esters is 1. The molecule has 126 valence electrons. The molecule has 25 heavy (non-hydrogen) atoms. The lowest BCUT2D eigenvalue weighted by Crippen LogP contribution is -2.36. The number of rotatable bonds is 4. The molecule has 1 aliphatic heterocycles. The average molecular weight is 361 g/mol. The molecule has 0 radical (unpaired) electrons. The molecule has 0 spiro atoms. The van der Waals surface area contributed by atoms with Crippen LogP contribution in [0, 0.1) is 10.1 Å². The number of nitro benzene ring substituents is 1. The number of carbonyl (C=O) groups is 3. The molecule has 0 fully saturated rings. The molecule has 0 atom stereocenters. The van der Waals surface area contributed by atoms with Crippen molar-refractivity contribution in [2.75, 3.05) is 6.54 Å². The van der Waals surface area contributed by atoms with Gasteiger partial charge in [-0.05, 0) is 24.3 Å². The van der Waals surface area contributed by atoms with E-state index in [1.54, 1.807) is 12.1 Å². The van der Waals surface area contributed by atoms with E-state index in [0.717, 1.165) is 6.07 Å².